The van der Waals surface area contributed by atoms with Gasteiger partial charge in [-0.25, -0.2) is 4.79 Å². The number of carboxylic acids is 1. The molecule has 2 unspecified atom stereocenters. The summed E-state index contributed by atoms with van der Waals surface area (Å²) in [5.41, 5.74) is 0.00226. The van der Waals surface area contributed by atoms with Crippen molar-refractivity contribution in [2.75, 3.05) is 12.4 Å². The van der Waals surface area contributed by atoms with Crippen molar-refractivity contribution in [1.29, 1.82) is 0 Å². The number of aliphatic carboxylic acids is 1. The Morgan fingerprint density at radius 1 is 1.41 bits per heavy atom. The van der Waals surface area contributed by atoms with E-state index in [0.29, 0.717) is 12.1 Å². The van der Waals surface area contributed by atoms with Crippen molar-refractivity contribution in [2.45, 2.75) is 24.9 Å². The van der Waals surface area contributed by atoms with Crippen molar-refractivity contribution < 1.29 is 29.0 Å². The van der Waals surface area contributed by atoms with E-state index < -0.39 is 35.3 Å². The van der Waals surface area contributed by atoms with Crippen LogP contribution in [0, 0.1) is 0 Å². The van der Waals surface area contributed by atoms with Crippen molar-refractivity contribution in [3.8, 4) is 0 Å². The molecule has 3 heterocycles. The molecule has 11 heteroatoms. The molecule has 0 spiro atoms. The van der Waals surface area contributed by atoms with Crippen LogP contribution in [-0.4, -0.2) is 52.6 Å². The second kappa shape index (κ2) is 8.01. The number of fused-ring (bicyclic) bond motifs is 1. The normalized spacial score (nSPS) is 21.2. The Hall–Kier alpha value is -2.53. The van der Waals surface area contributed by atoms with Crippen LogP contribution in [0.4, 0.5) is 4.79 Å². The molecule has 1 aromatic rings. The first-order valence-corrected chi connectivity index (χ1v) is 9.89. The lowest BCUT2D eigenvalue weighted by Crippen LogP contribution is -2.71. The van der Waals surface area contributed by atoms with Gasteiger partial charge in [0, 0.05) is 23.1 Å². The maximum absolute atomic E-state index is 12.4. The summed E-state index contributed by atoms with van der Waals surface area (Å²) in [4.78, 5) is 48.9. The van der Waals surface area contributed by atoms with Crippen LogP contribution < -0.4 is 15.7 Å². The minimum absolute atomic E-state index is 0.221. The predicted octanol–water partition coefficient (Wildman–Crippen LogP) is -0.602. The first-order chi connectivity index (χ1) is 12.9. The van der Waals surface area contributed by atoms with Crippen LogP contribution in [0.3, 0.4) is 0 Å². The molecule has 2 atom stereocenters. The highest BCUT2D eigenvalue weighted by Crippen LogP contribution is 2.40. The third-order valence-electron chi connectivity index (χ3n) is 3.98. The van der Waals surface area contributed by atoms with Gasteiger partial charge in [-0.3, -0.25) is 14.5 Å². The van der Waals surface area contributed by atoms with Crippen molar-refractivity contribution in [1.82, 2.24) is 15.5 Å². The fourth-order valence-corrected chi connectivity index (χ4v) is 4.72. The number of amides is 3. The highest BCUT2D eigenvalue weighted by Gasteiger charge is 2.52. The molecule has 0 aromatic carbocycles. The standard InChI is InChI=1S/C16H17N3O6S2/c1-8(20)25-6-9-7-27-14-11(13(21)19(14)12(9)15(22)23)18-16(24)17-5-10-3-2-4-26-10/h2-4,11,14H,5-7H2,1H3,(H,22,23)(H2,17,18,24)/p-1. The van der Waals surface area contributed by atoms with Gasteiger partial charge < -0.3 is 25.3 Å². The molecule has 1 aromatic heterocycles. The molecule has 0 aliphatic carbocycles. The lowest BCUT2D eigenvalue weighted by atomic mass is 10.0. The number of rotatable bonds is 6. The first kappa shape index (κ1) is 19.2. The Morgan fingerprint density at radius 3 is 2.81 bits per heavy atom. The van der Waals surface area contributed by atoms with Gasteiger partial charge in [0.1, 0.15) is 18.0 Å². The summed E-state index contributed by atoms with van der Waals surface area (Å²) in [5.74, 6) is -2.36. The molecule has 27 heavy (non-hydrogen) atoms. The van der Waals surface area contributed by atoms with Gasteiger partial charge in [-0.2, -0.15) is 0 Å². The number of β-lactam (4-membered cyclic amide) rings is 1. The topological polar surface area (TPSA) is 128 Å². The van der Waals surface area contributed by atoms with E-state index in [1.165, 1.54) is 30.0 Å². The predicted molar refractivity (Wildman–Crippen MR) is 95.2 cm³/mol. The van der Waals surface area contributed by atoms with E-state index in [-0.39, 0.29) is 18.1 Å². The SMILES string of the molecule is CC(=O)OCC1=C(C(=O)[O-])N2C(=O)C(NC(=O)NCc3cccs3)C2SC1. The van der Waals surface area contributed by atoms with E-state index in [1.807, 2.05) is 17.5 Å². The maximum atomic E-state index is 12.4. The molecule has 0 saturated carbocycles. The van der Waals surface area contributed by atoms with Gasteiger partial charge in [0.2, 0.25) is 0 Å². The van der Waals surface area contributed by atoms with Crippen LogP contribution in [0.5, 0.6) is 0 Å². The molecular formula is C16H16N3O6S2-. The zero-order chi connectivity index (χ0) is 19.6. The third kappa shape index (κ3) is 4.08. The Labute approximate surface area is 162 Å². The number of hydrogen-bond donors (Lipinski definition) is 2. The van der Waals surface area contributed by atoms with Crippen molar-refractivity contribution in [3.05, 3.63) is 33.7 Å². The van der Waals surface area contributed by atoms with Gasteiger partial charge in [0.05, 0.1) is 18.2 Å². The van der Waals surface area contributed by atoms with Crippen LogP contribution in [0.15, 0.2) is 28.8 Å². The average Bonchev–Trinajstić information content (AvgIpc) is 3.15. The van der Waals surface area contributed by atoms with E-state index in [2.05, 4.69) is 10.6 Å². The molecule has 0 radical (unpaired) electrons. The van der Waals surface area contributed by atoms with E-state index >= 15 is 0 Å². The summed E-state index contributed by atoms with van der Waals surface area (Å²) in [5, 5.41) is 18.1. The largest absolute Gasteiger partial charge is 0.543 e. The number of nitrogens with zero attached hydrogens (tertiary/aromatic N) is 1. The zero-order valence-corrected chi connectivity index (χ0v) is 15.9. The number of urea groups is 1. The molecule has 144 valence electrons. The van der Waals surface area contributed by atoms with Crippen molar-refractivity contribution >= 4 is 47.0 Å². The van der Waals surface area contributed by atoms with Crippen LogP contribution in [0.2, 0.25) is 0 Å². The van der Waals surface area contributed by atoms with Crippen LogP contribution in [0.1, 0.15) is 11.8 Å². The van der Waals surface area contributed by atoms with E-state index in [4.69, 9.17) is 4.74 Å². The number of carboxylic acid groups (broad SMARTS) is 1. The van der Waals surface area contributed by atoms with Crippen LogP contribution >= 0.6 is 23.1 Å². The number of carbonyl (C=O) groups excluding carboxylic acids is 4. The Balaban J connectivity index is 1.63. The molecule has 1 saturated heterocycles. The van der Waals surface area contributed by atoms with Gasteiger partial charge in [-0.1, -0.05) is 6.07 Å². The van der Waals surface area contributed by atoms with Crippen molar-refractivity contribution in [2.24, 2.45) is 0 Å². The quantitative estimate of drug-likeness (QED) is 0.473. The number of carbonyl (C=O) groups is 4. The molecule has 0 bridgehead atoms. The maximum Gasteiger partial charge on any atom is 0.315 e. The lowest BCUT2D eigenvalue weighted by molar-refractivity contribution is -0.301. The minimum atomic E-state index is -1.52. The van der Waals surface area contributed by atoms with Crippen molar-refractivity contribution in [3.63, 3.8) is 0 Å². The minimum Gasteiger partial charge on any atom is -0.543 e. The van der Waals surface area contributed by atoms with E-state index in [0.717, 1.165) is 9.78 Å². The van der Waals surface area contributed by atoms with E-state index in [9.17, 15) is 24.3 Å². The van der Waals surface area contributed by atoms with E-state index in [1.54, 1.807) is 0 Å². The second-order valence-corrected chi connectivity index (χ2v) is 7.95. The lowest BCUT2D eigenvalue weighted by Gasteiger charge is -2.50. The van der Waals surface area contributed by atoms with Crippen LogP contribution in [0.25, 0.3) is 0 Å². The summed E-state index contributed by atoms with van der Waals surface area (Å²) >= 11 is 2.78. The number of thiophene rings is 1. The summed E-state index contributed by atoms with van der Waals surface area (Å²) in [6, 6.07) is 2.40. The van der Waals surface area contributed by atoms with Gasteiger partial charge in [0.25, 0.3) is 5.91 Å². The molecule has 1 fully saturated rings. The summed E-state index contributed by atoms with van der Waals surface area (Å²) in [7, 11) is 0. The molecule has 3 amide bonds. The average molecular weight is 410 g/mol. The monoisotopic (exact) mass is 410 g/mol. The number of hydrogen-bond acceptors (Lipinski definition) is 8. The van der Waals surface area contributed by atoms with Gasteiger partial charge >= 0.3 is 12.0 Å². The zero-order valence-electron chi connectivity index (χ0n) is 14.2. The number of ether oxygens (including phenoxy) is 1. The van der Waals surface area contributed by atoms with Gasteiger partial charge in [0.15, 0.2) is 0 Å². The second-order valence-electron chi connectivity index (χ2n) is 5.81. The Bertz CT molecular complexity index is 807. The molecule has 2 aliphatic rings. The summed E-state index contributed by atoms with van der Waals surface area (Å²) in [6.45, 7) is 1.33. The van der Waals surface area contributed by atoms with Gasteiger partial charge in [-0.15, -0.1) is 23.1 Å². The number of esters is 1. The summed E-state index contributed by atoms with van der Waals surface area (Å²) in [6.07, 6.45) is 0. The highest BCUT2D eigenvalue weighted by molar-refractivity contribution is 8.00. The molecule has 3 rings (SSSR count). The molecule has 2 N–H and O–H groups in total. The number of thioether (sulfide) groups is 1. The molecule has 2 aliphatic heterocycles. The fraction of sp³-hybridized carbons (Fsp3) is 0.375. The summed E-state index contributed by atoms with van der Waals surface area (Å²) < 4.78 is 4.85. The number of nitrogens with one attached hydrogen (secondary N) is 2. The molecular weight excluding hydrogens is 394 g/mol. The van der Waals surface area contributed by atoms with Gasteiger partial charge in [-0.05, 0) is 11.4 Å². The third-order valence-corrected chi connectivity index (χ3v) is 6.20. The molecule has 9 nitrogen and oxygen atoms in total. The van der Waals surface area contributed by atoms with Crippen LogP contribution in [-0.2, 0) is 25.7 Å². The highest BCUT2D eigenvalue weighted by atomic mass is 32.2. The first-order valence-electron chi connectivity index (χ1n) is 7.96. The Morgan fingerprint density at radius 2 is 2.19 bits per heavy atom. The fourth-order valence-electron chi connectivity index (χ4n) is 2.74. The smallest absolute Gasteiger partial charge is 0.315 e. The Kier molecular flexibility index (Phi) is 5.71.